The minimum atomic E-state index is 0.0216. The lowest BCUT2D eigenvalue weighted by Gasteiger charge is -2.24. The molecular weight excluding hydrogens is 218 g/mol. The average molecular weight is 239 g/mol. The zero-order chi connectivity index (χ0) is 12.4. The molecule has 0 unspecified atom stereocenters. The van der Waals surface area contributed by atoms with Gasteiger partial charge in [-0.05, 0) is 25.2 Å². The number of amides is 2. The van der Waals surface area contributed by atoms with Gasteiger partial charge in [-0.25, -0.2) is 0 Å². The largest absolute Gasteiger partial charge is 0.341 e. The Labute approximate surface area is 102 Å². The number of nitrogens with two attached hydrogens (primary N) is 1. The second kappa shape index (κ2) is 5.04. The molecule has 0 spiro atoms. The van der Waals surface area contributed by atoms with Crippen LogP contribution in [-0.2, 0) is 9.59 Å². The van der Waals surface area contributed by atoms with Gasteiger partial charge in [0.2, 0.25) is 11.8 Å². The highest BCUT2D eigenvalue weighted by atomic mass is 16.2. The molecule has 96 valence electrons. The van der Waals surface area contributed by atoms with Crippen molar-refractivity contribution in [1.82, 2.24) is 9.80 Å². The van der Waals surface area contributed by atoms with Crippen LogP contribution in [0.1, 0.15) is 26.2 Å². The predicted molar refractivity (Wildman–Crippen MR) is 64.2 cm³/mol. The van der Waals surface area contributed by atoms with Crippen molar-refractivity contribution < 1.29 is 9.59 Å². The molecule has 1 saturated carbocycles. The summed E-state index contributed by atoms with van der Waals surface area (Å²) in [5.74, 6) is 0.611. The molecule has 0 aromatic carbocycles. The lowest BCUT2D eigenvalue weighted by molar-refractivity contribution is -0.130. The van der Waals surface area contributed by atoms with Gasteiger partial charge in [0.1, 0.15) is 0 Å². The second-order valence-corrected chi connectivity index (χ2v) is 5.10. The topological polar surface area (TPSA) is 66.6 Å². The Hall–Kier alpha value is -1.10. The summed E-state index contributed by atoms with van der Waals surface area (Å²) < 4.78 is 0. The molecule has 0 aromatic heterocycles. The maximum Gasteiger partial charge on any atom is 0.236 e. The fraction of sp³-hybridized carbons (Fsp3) is 0.833. The number of carbonyl (C=O) groups is 2. The van der Waals surface area contributed by atoms with Crippen LogP contribution in [0.5, 0.6) is 0 Å². The third-order valence-electron chi connectivity index (χ3n) is 3.66. The summed E-state index contributed by atoms with van der Waals surface area (Å²) in [6.07, 6.45) is 3.26. The van der Waals surface area contributed by atoms with E-state index in [0.717, 1.165) is 38.9 Å². The fourth-order valence-corrected chi connectivity index (χ4v) is 2.54. The Balaban J connectivity index is 1.84. The van der Waals surface area contributed by atoms with Gasteiger partial charge >= 0.3 is 0 Å². The lowest BCUT2D eigenvalue weighted by atomic mass is 10.1. The van der Waals surface area contributed by atoms with Crippen LogP contribution in [0.25, 0.3) is 0 Å². The summed E-state index contributed by atoms with van der Waals surface area (Å²) in [4.78, 5) is 26.7. The summed E-state index contributed by atoms with van der Waals surface area (Å²) in [5, 5.41) is 0. The molecule has 1 atom stereocenters. The normalized spacial score (nSPS) is 23.9. The number of likely N-dealkylation sites (tertiary alicyclic amines) is 1. The van der Waals surface area contributed by atoms with Crippen LogP contribution < -0.4 is 5.73 Å². The lowest BCUT2D eigenvalue weighted by Crippen LogP contribution is -2.38. The van der Waals surface area contributed by atoms with Crippen molar-refractivity contribution in [1.29, 1.82) is 0 Å². The molecule has 1 heterocycles. The quantitative estimate of drug-likeness (QED) is 0.739. The molecule has 5 nitrogen and oxygen atoms in total. The Morgan fingerprint density at radius 3 is 2.59 bits per heavy atom. The molecule has 1 saturated heterocycles. The molecule has 0 bridgehead atoms. The van der Waals surface area contributed by atoms with Crippen LogP contribution in [0.3, 0.4) is 0 Å². The van der Waals surface area contributed by atoms with Crippen LogP contribution in [0.15, 0.2) is 0 Å². The van der Waals surface area contributed by atoms with Gasteiger partial charge in [-0.15, -0.1) is 0 Å². The molecular formula is C12H21N3O2. The van der Waals surface area contributed by atoms with Crippen molar-refractivity contribution >= 4 is 11.8 Å². The first kappa shape index (κ1) is 12.4. The van der Waals surface area contributed by atoms with Gasteiger partial charge in [-0.1, -0.05) is 0 Å². The van der Waals surface area contributed by atoms with E-state index >= 15 is 0 Å². The van der Waals surface area contributed by atoms with E-state index in [2.05, 4.69) is 0 Å². The van der Waals surface area contributed by atoms with E-state index in [1.807, 2.05) is 9.80 Å². The maximum absolute atomic E-state index is 11.5. The highest BCUT2D eigenvalue weighted by molar-refractivity contribution is 5.78. The zero-order valence-corrected chi connectivity index (χ0v) is 10.4. The Morgan fingerprint density at radius 2 is 2.06 bits per heavy atom. The van der Waals surface area contributed by atoms with E-state index in [-0.39, 0.29) is 18.4 Å². The van der Waals surface area contributed by atoms with Gasteiger partial charge in [-0.2, -0.15) is 0 Å². The third kappa shape index (κ3) is 2.97. The van der Waals surface area contributed by atoms with Crippen molar-refractivity contribution in [3.63, 3.8) is 0 Å². The Bertz CT molecular complexity index is 315. The number of hydrogen-bond donors (Lipinski definition) is 1. The molecule has 5 heteroatoms. The van der Waals surface area contributed by atoms with E-state index in [9.17, 15) is 9.59 Å². The summed E-state index contributed by atoms with van der Waals surface area (Å²) in [6.45, 7) is 4.07. The zero-order valence-electron chi connectivity index (χ0n) is 10.4. The van der Waals surface area contributed by atoms with E-state index in [1.165, 1.54) is 0 Å². The predicted octanol–water partition coefficient (Wildman–Crippen LogP) is -0.195. The van der Waals surface area contributed by atoms with Crippen LogP contribution in [0.2, 0.25) is 0 Å². The van der Waals surface area contributed by atoms with E-state index in [4.69, 9.17) is 5.73 Å². The van der Waals surface area contributed by atoms with Gasteiger partial charge in [0, 0.05) is 32.6 Å². The van der Waals surface area contributed by atoms with Gasteiger partial charge < -0.3 is 15.5 Å². The minimum absolute atomic E-state index is 0.0216. The van der Waals surface area contributed by atoms with Crippen LogP contribution >= 0.6 is 0 Å². The van der Waals surface area contributed by atoms with Gasteiger partial charge in [0.15, 0.2) is 0 Å². The molecule has 0 aromatic rings. The molecule has 17 heavy (non-hydrogen) atoms. The smallest absolute Gasteiger partial charge is 0.236 e. The summed E-state index contributed by atoms with van der Waals surface area (Å²) in [5.41, 5.74) is 5.35. The highest BCUT2D eigenvalue weighted by Crippen LogP contribution is 2.29. The summed E-state index contributed by atoms with van der Waals surface area (Å²) in [6, 6.07) is 0.465. The molecule has 2 fully saturated rings. The fourth-order valence-electron chi connectivity index (χ4n) is 2.54. The van der Waals surface area contributed by atoms with Crippen LogP contribution in [0, 0.1) is 5.92 Å². The Kier molecular flexibility index (Phi) is 3.66. The van der Waals surface area contributed by atoms with Crippen molar-refractivity contribution in [2.45, 2.75) is 32.2 Å². The monoisotopic (exact) mass is 239 g/mol. The first-order chi connectivity index (χ1) is 8.11. The third-order valence-corrected chi connectivity index (χ3v) is 3.66. The molecule has 2 N–H and O–H groups in total. The summed E-state index contributed by atoms with van der Waals surface area (Å²) >= 11 is 0. The van der Waals surface area contributed by atoms with Gasteiger partial charge in [0.25, 0.3) is 0 Å². The molecule has 1 aliphatic carbocycles. The summed E-state index contributed by atoms with van der Waals surface area (Å²) in [7, 11) is 0. The van der Waals surface area contributed by atoms with E-state index in [0.29, 0.717) is 12.0 Å². The number of rotatable bonds is 4. The standard InChI is InChI=1S/C12H21N3O2/c1-9(16)15(11-2-3-11)8-10-4-5-14(7-10)12(17)6-13/h10-11H,2-8,13H2,1H3/t10-/m0/s1. The van der Waals surface area contributed by atoms with Gasteiger partial charge in [0.05, 0.1) is 6.54 Å². The molecule has 2 aliphatic rings. The average Bonchev–Trinajstić information content (AvgIpc) is 3.03. The molecule has 1 aliphatic heterocycles. The number of carbonyl (C=O) groups excluding carboxylic acids is 2. The first-order valence-corrected chi connectivity index (χ1v) is 6.37. The van der Waals surface area contributed by atoms with Gasteiger partial charge in [-0.3, -0.25) is 9.59 Å². The molecule has 2 amide bonds. The molecule has 2 rings (SSSR count). The van der Waals surface area contributed by atoms with Crippen molar-refractivity contribution in [2.75, 3.05) is 26.2 Å². The second-order valence-electron chi connectivity index (χ2n) is 5.10. The van der Waals surface area contributed by atoms with Crippen molar-refractivity contribution in [3.05, 3.63) is 0 Å². The minimum Gasteiger partial charge on any atom is -0.341 e. The van der Waals surface area contributed by atoms with Crippen molar-refractivity contribution in [2.24, 2.45) is 11.7 Å². The Morgan fingerprint density at radius 1 is 1.35 bits per heavy atom. The SMILES string of the molecule is CC(=O)N(C[C@H]1CCN(C(=O)CN)C1)C1CC1. The van der Waals surface area contributed by atoms with Crippen molar-refractivity contribution in [3.8, 4) is 0 Å². The number of nitrogens with zero attached hydrogens (tertiary/aromatic N) is 2. The highest BCUT2D eigenvalue weighted by Gasteiger charge is 2.34. The first-order valence-electron chi connectivity index (χ1n) is 6.37. The van der Waals surface area contributed by atoms with Crippen LogP contribution in [-0.4, -0.2) is 53.8 Å². The van der Waals surface area contributed by atoms with E-state index < -0.39 is 0 Å². The van der Waals surface area contributed by atoms with Crippen LogP contribution in [0.4, 0.5) is 0 Å². The maximum atomic E-state index is 11.5. The molecule has 0 radical (unpaired) electrons. The number of hydrogen-bond acceptors (Lipinski definition) is 3. The van der Waals surface area contributed by atoms with E-state index in [1.54, 1.807) is 6.92 Å².